The molecule has 0 spiro atoms. The van der Waals surface area contributed by atoms with E-state index in [0.29, 0.717) is 5.56 Å². The highest BCUT2D eigenvalue weighted by atomic mass is 32.2. The van der Waals surface area contributed by atoms with Crippen molar-refractivity contribution in [2.45, 2.75) is 31.7 Å². The zero-order chi connectivity index (χ0) is 16.4. The number of carbonyl (C=O) groups is 2. The summed E-state index contributed by atoms with van der Waals surface area (Å²) in [7, 11) is -3.45. The van der Waals surface area contributed by atoms with Gasteiger partial charge in [-0.25, -0.2) is 13.2 Å². The van der Waals surface area contributed by atoms with Gasteiger partial charge in [0, 0.05) is 11.8 Å². The van der Waals surface area contributed by atoms with Gasteiger partial charge in [0.2, 0.25) is 0 Å². The van der Waals surface area contributed by atoms with E-state index in [9.17, 15) is 18.0 Å². The second kappa shape index (κ2) is 6.26. The number of aliphatic carboxylic acids is 1. The molecule has 2 N–H and O–H groups in total. The Labute approximate surface area is 124 Å². The fourth-order valence-electron chi connectivity index (χ4n) is 1.88. The lowest BCUT2D eigenvalue weighted by Gasteiger charge is -2.18. The SMILES string of the molecule is Cc1ccc(C(=O)N[C@@H](C(=O)O)C(C)C)cc1S(C)(=O)=O. The maximum atomic E-state index is 12.1. The van der Waals surface area contributed by atoms with Crippen molar-refractivity contribution in [1.29, 1.82) is 0 Å². The molecule has 1 amide bonds. The van der Waals surface area contributed by atoms with E-state index in [1.165, 1.54) is 18.2 Å². The van der Waals surface area contributed by atoms with Crippen molar-refractivity contribution in [3.05, 3.63) is 29.3 Å². The third-order valence-electron chi connectivity index (χ3n) is 3.07. The van der Waals surface area contributed by atoms with Gasteiger partial charge in [0.15, 0.2) is 9.84 Å². The highest BCUT2D eigenvalue weighted by Gasteiger charge is 2.24. The van der Waals surface area contributed by atoms with E-state index in [0.717, 1.165) is 6.26 Å². The zero-order valence-electron chi connectivity index (χ0n) is 12.4. The molecule has 0 unspecified atom stereocenters. The second-order valence-electron chi connectivity index (χ2n) is 5.29. The Bertz CT molecular complexity index is 664. The van der Waals surface area contributed by atoms with Crippen LogP contribution in [-0.2, 0) is 14.6 Å². The first kappa shape index (κ1) is 17.2. The third kappa shape index (κ3) is 4.29. The van der Waals surface area contributed by atoms with Gasteiger partial charge < -0.3 is 10.4 Å². The summed E-state index contributed by atoms with van der Waals surface area (Å²) in [6.45, 7) is 4.98. The van der Waals surface area contributed by atoms with Crippen LogP contribution < -0.4 is 5.32 Å². The van der Waals surface area contributed by atoms with E-state index < -0.39 is 27.8 Å². The topological polar surface area (TPSA) is 101 Å². The van der Waals surface area contributed by atoms with E-state index >= 15 is 0 Å². The zero-order valence-corrected chi connectivity index (χ0v) is 13.2. The lowest BCUT2D eigenvalue weighted by molar-refractivity contribution is -0.140. The molecule has 0 aromatic heterocycles. The number of hydrogen-bond donors (Lipinski definition) is 2. The van der Waals surface area contributed by atoms with Crippen LogP contribution in [0, 0.1) is 12.8 Å². The average Bonchev–Trinajstić information content (AvgIpc) is 2.33. The van der Waals surface area contributed by atoms with Crippen molar-refractivity contribution in [1.82, 2.24) is 5.32 Å². The normalized spacial score (nSPS) is 13.0. The molecule has 6 nitrogen and oxygen atoms in total. The van der Waals surface area contributed by atoms with Crippen LogP contribution in [0.5, 0.6) is 0 Å². The Balaban J connectivity index is 3.12. The van der Waals surface area contributed by atoms with Crippen molar-refractivity contribution in [2.75, 3.05) is 6.26 Å². The highest BCUT2D eigenvalue weighted by molar-refractivity contribution is 7.90. The van der Waals surface area contributed by atoms with Gasteiger partial charge in [0.25, 0.3) is 5.91 Å². The minimum absolute atomic E-state index is 0.0616. The third-order valence-corrected chi connectivity index (χ3v) is 4.31. The molecule has 7 heteroatoms. The van der Waals surface area contributed by atoms with Crippen molar-refractivity contribution in [3.8, 4) is 0 Å². The van der Waals surface area contributed by atoms with E-state index in [1.54, 1.807) is 20.8 Å². The number of carbonyl (C=O) groups excluding carboxylic acids is 1. The largest absolute Gasteiger partial charge is 0.480 e. The number of sulfone groups is 1. The first-order valence-electron chi connectivity index (χ1n) is 6.38. The minimum Gasteiger partial charge on any atom is -0.480 e. The molecule has 0 fully saturated rings. The van der Waals surface area contributed by atoms with Crippen LogP contribution in [0.1, 0.15) is 29.8 Å². The van der Waals surface area contributed by atoms with Gasteiger partial charge in [-0.1, -0.05) is 19.9 Å². The van der Waals surface area contributed by atoms with Crippen molar-refractivity contribution in [3.63, 3.8) is 0 Å². The van der Waals surface area contributed by atoms with Crippen LogP contribution in [0.4, 0.5) is 0 Å². The number of carboxylic acid groups (broad SMARTS) is 1. The first-order valence-corrected chi connectivity index (χ1v) is 8.27. The van der Waals surface area contributed by atoms with Gasteiger partial charge in [-0.05, 0) is 30.5 Å². The van der Waals surface area contributed by atoms with Crippen LogP contribution in [0.15, 0.2) is 23.1 Å². The molecule has 0 saturated carbocycles. The summed E-state index contributed by atoms with van der Waals surface area (Å²) in [5.74, 6) is -2.03. The molecular weight excluding hydrogens is 294 g/mol. The van der Waals surface area contributed by atoms with E-state index in [4.69, 9.17) is 5.11 Å². The van der Waals surface area contributed by atoms with E-state index in [2.05, 4.69) is 5.32 Å². The molecule has 21 heavy (non-hydrogen) atoms. The number of amides is 1. The molecule has 0 heterocycles. The summed E-state index contributed by atoms with van der Waals surface area (Å²) in [5.41, 5.74) is 0.653. The molecule has 1 aromatic rings. The standard InChI is InChI=1S/C14H19NO5S/c1-8(2)12(14(17)18)15-13(16)10-6-5-9(3)11(7-10)21(4,19)20/h5-8,12H,1-4H3,(H,15,16)(H,17,18)/t12-/m1/s1. The molecule has 0 aliphatic heterocycles. The van der Waals surface area contributed by atoms with Gasteiger partial charge >= 0.3 is 5.97 Å². The maximum Gasteiger partial charge on any atom is 0.326 e. The lowest BCUT2D eigenvalue weighted by atomic mass is 10.0. The Morgan fingerprint density at radius 1 is 1.24 bits per heavy atom. The Kier molecular flexibility index (Phi) is 5.11. The summed E-state index contributed by atoms with van der Waals surface area (Å²) < 4.78 is 23.3. The maximum absolute atomic E-state index is 12.1. The van der Waals surface area contributed by atoms with Gasteiger partial charge in [0.05, 0.1) is 4.90 Å². The van der Waals surface area contributed by atoms with Gasteiger partial charge in [-0.2, -0.15) is 0 Å². The number of aryl methyl sites for hydroxylation is 1. The Morgan fingerprint density at radius 2 is 1.81 bits per heavy atom. The molecular formula is C14H19NO5S. The molecule has 0 saturated heterocycles. The van der Waals surface area contributed by atoms with E-state index in [-0.39, 0.29) is 16.4 Å². The van der Waals surface area contributed by atoms with Crippen molar-refractivity contribution >= 4 is 21.7 Å². The molecule has 0 radical (unpaired) electrons. The predicted octanol–water partition coefficient (Wildman–Crippen LogP) is 1.24. The number of rotatable bonds is 5. The smallest absolute Gasteiger partial charge is 0.326 e. The van der Waals surface area contributed by atoms with Crippen molar-refractivity contribution < 1.29 is 23.1 Å². The monoisotopic (exact) mass is 313 g/mol. The quantitative estimate of drug-likeness (QED) is 0.851. The Hall–Kier alpha value is -1.89. The Morgan fingerprint density at radius 3 is 2.24 bits per heavy atom. The van der Waals surface area contributed by atoms with Crippen LogP contribution >= 0.6 is 0 Å². The fraction of sp³-hybridized carbons (Fsp3) is 0.429. The number of benzene rings is 1. The van der Waals surface area contributed by atoms with Crippen LogP contribution in [0.3, 0.4) is 0 Å². The summed E-state index contributed by atoms with van der Waals surface area (Å²) in [6, 6.07) is 3.23. The van der Waals surface area contributed by atoms with Gasteiger partial charge in [-0.15, -0.1) is 0 Å². The lowest BCUT2D eigenvalue weighted by Crippen LogP contribution is -2.44. The number of hydrogen-bond acceptors (Lipinski definition) is 4. The van der Waals surface area contributed by atoms with Gasteiger partial charge in [0.1, 0.15) is 6.04 Å². The van der Waals surface area contributed by atoms with Crippen LogP contribution in [-0.4, -0.2) is 37.7 Å². The summed E-state index contributed by atoms with van der Waals surface area (Å²) in [4.78, 5) is 23.2. The van der Waals surface area contributed by atoms with Crippen LogP contribution in [0.25, 0.3) is 0 Å². The highest BCUT2D eigenvalue weighted by Crippen LogP contribution is 2.17. The van der Waals surface area contributed by atoms with Crippen LogP contribution in [0.2, 0.25) is 0 Å². The van der Waals surface area contributed by atoms with Crippen molar-refractivity contribution in [2.24, 2.45) is 5.92 Å². The number of nitrogens with one attached hydrogen (secondary N) is 1. The first-order chi connectivity index (χ1) is 9.54. The fourth-order valence-corrected chi connectivity index (χ4v) is 2.87. The molecule has 1 aromatic carbocycles. The van der Waals surface area contributed by atoms with E-state index in [1.807, 2.05) is 0 Å². The predicted molar refractivity (Wildman–Crippen MR) is 78.0 cm³/mol. The molecule has 0 bridgehead atoms. The second-order valence-corrected chi connectivity index (χ2v) is 7.27. The molecule has 0 aliphatic carbocycles. The summed E-state index contributed by atoms with van der Waals surface area (Å²) >= 11 is 0. The number of carboxylic acids is 1. The summed E-state index contributed by atoms with van der Waals surface area (Å²) in [5, 5.41) is 11.5. The molecule has 1 rings (SSSR count). The van der Waals surface area contributed by atoms with Gasteiger partial charge in [-0.3, -0.25) is 4.79 Å². The molecule has 0 aliphatic rings. The summed E-state index contributed by atoms with van der Waals surface area (Å²) in [6.07, 6.45) is 1.06. The average molecular weight is 313 g/mol. The molecule has 1 atom stereocenters. The minimum atomic E-state index is -3.45. The molecule has 116 valence electrons.